The van der Waals surface area contributed by atoms with E-state index < -0.39 is 41.4 Å². The van der Waals surface area contributed by atoms with Gasteiger partial charge in [-0.05, 0) is 54.1 Å². The second-order valence-electron chi connectivity index (χ2n) is 8.16. The second-order valence-corrected chi connectivity index (χ2v) is 8.16. The summed E-state index contributed by atoms with van der Waals surface area (Å²) in [5, 5.41) is 3.64. The number of nitrogens with zero attached hydrogens (tertiary/aromatic N) is 2. The van der Waals surface area contributed by atoms with Crippen LogP contribution in [-0.2, 0) is 20.7 Å². The van der Waals surface area contributed by atoms with Crippen molar-refractivity contribution < 1.29 is 32.3 Å². The number of primary amides is 1. The van der Waals surface area contributed by atoms with Gasteiger partial charge in [0.2, 0.25) is 11.8 Å². The van der Waals surface area contributed by atoms with E-state index in [1.54, 1.807) is 6.07 Å². The van der Waals surface area contributed by atoms with Crippen LogP contribution in [0.5, 0.6) is 0 Å². The molecule has 0 fully saturated rings. The lowest BCUT2D eigenvalue weighted by molar-refractivity contribution is -0.133. The second kappa shape index (κ2) is 12.0. The van der Waals surface area contributed by atoms with Crippen LogP contribution in [0.4, 0.5) is 23.8 Å². The van der Waals surface area contributed by atoms with E-state index in [-0.39, 0.29) is 43.7 Å². The van der Waals surface area contributed by atoms with E-state index in [4.69, 9.17) is 10.5 Å². The molecule has 0 radical (unpaired) electrons. The van der Waals surface area contributed by atoms with Gasteiger partial charge in [-0.1, -0.05) is 12.1 Å². The quantitative estimate of drug-likeness (QED) is 0.436. The first kappa shape index (κ1) is 26.5. The summed E-state index contributed by atoms with van der Waals surface area (Å²) in [6.45, 7) is -0.266. The fourth-order valence-electron chi connectivity index (χ4n) is 3.55. The highest BCUT2D eigenvalue weighted by atomic mass is 19.2. The average Bonchev–Trinajstić information content (AvgIpc) is 2.84. The highest BCUT2D eigenvalue weighted by molar-refractivity contribution is 5.89. The van der Waals surface area contributed by atoms with Crippen molar-refractivity contribution in [2.75, 3.05) is 19.0 Å². The Morgan fingerprint density at radius 1 is 1.08 bits per heavy atom. The van der Waals surface area contributed by atoms with E-state index in [9.17, 15) is 27.6 Å². The molecule has 11 heteroatoms. The van der Waals surface area contributed by atoms with Crippen LogP contribution in [0.25, 0.3) is 10.8 Å². The first-order chi connectivity index (χ1) is 17.1. The summed E-state index contributed by atoms with van der Waals surface area (Å²) in [6.07, 6.45) is 0.480. The van der Waals surface area contributed by atoms with Gasteiger partial charge in [0.15, 0.2) is 11.6 Å². The largest absolute Gasteiger partial charge is 0.447 e. The number of anilines is 1. The van der Waals surface area contributed by atoms with Crippen LogP contribution < -0.4 is 11.1 Å². The minimum Gasteiger partial charge on any atom is -0.447 e. The Labute approximate surface area is 205 Å². The molecule has 0 aliphatic heterocycles. The number of aromatic nitrogens is 1. The zero-order chi connectivity index (χ0) is 26.2. The fourth-order valence-corrected chi connectivity index (χ4v) is 3.55. The number of halogens is 3. The molecule has 190 valence electrons. The molecular formula is C25H25F3N4O4. The summed E-state index contributed by atoms with van der Waals surface area (Å²) in [5.41, 5.74) is 5.28. The molecule has 1 aromatic heterocycles. The lowest BCUT2D eigenvalue weighted by Crippen LogP contribution is -2.41. The van der Waals surface area contributed by atoms with Gasteiger partial charge in [-0.2, -0.15) is 0 Å². The average molecular weight is 502 g/mol. The number of hydrogen-bond donors (Lipinski definition) is 2. The van der Waals surface area contributed by atoms with Crippen LogP contribution in [0, 0.1) is 17.5 Å². The minimum atomic E-state index is -1.01. The van der Waals surface area contributed by atoms with Crippen LogP contribution in [0.3, 0.4) is 0 Å². The Morgan fingerprint density at radius 3 is 2.61 bits per heavy atom. The maximum atomic E-state index is 13.9. The maximum absolute atomic E-state index is 13.9. The number of amides is 3. The molecular weight excluding hydrogens is 477 g/mol. The van der Waals surface area contributed by atoms with Crippen molar-refractivity contribution in [3.8, 4) is 0 Å². The molecule has 2 aromatic carbocycles. The number of ether oxygens (including phenoxy) is 1. The molecule has 3 aromatic rings. The van der Waals surface area contributed by atoms with Crippen molar-refractivity contribution in [1.82, 2.24) is 9.88 Å². The lowest BCUT2D eigenvalue weighted by atomic mass is 10.1. The Balaban J connectivity index is 1.60. The molecule has 0 unspecified atom stereocenters. The SMILES string of the molecule is CN(C(=O)CCc1cccc(F)c1F)[C@@H](CCC(N)=O)COC(=O)Nc1cc2cc(F)ccc2cn1. The van der Waals surface area contributed by atoms with Crippen molar-refractivity contribution in [2.24, 2.45) is 5.73 Å². The van der Waals surface area contributed by atoms with Crippen molar-refractivity contribution in [3.63, 3.8) is 0 Å². The van der Waals surface area contributed by atoms with Crippen LogP contribution in [0.15, 0.2) is 48.7 Å². The van der Waals surface area contributed by atoms with E-state index in [1.807, 2.05) is 0 Å². The number of carbonyl (C=O) groups excluding carboxylic acids is 3. The third kappa shape index (κ3) is 7.17. The molecule has 0 bridgehead atoms. The van der Waals surface area contributed by atoms with Gasteiger partial charge in [0.1, 0.15) is 18.2 Å². The van der Waals surface area contributed by atoms with Gasteiger partial charge in [0.25, 0.3) is 0 Å². The number of nitrogens with one attached hydrogen (secondary N) is 1. The molecule has 1 heterocycles. The Kier molecular flexibility index (Phi) is 8.82. The topological polar surface area (TPSA) is 115 Å². The molecule has 3 N–H and O–H groups in total. The molecule has 0 spiro atoms. The minimum absolute atomic E-state index is 0.0368. The number of pyridine rings is 1. The zero-order valence-electron chi connectivity index (χ0n) is 19.5. The molecule has 0 saturated heterocycles. The van der Waals surface area contributed by atoms with Gasteiger partial charge >= 0.3 is 6.09 Å². The standard InChI is InChI=1S/C25H25F3N4O4/c1-32(23(34)10-6-15-3-2-4-20(27)24(15)28)19(8-9-21(29)33)14-36-25(35)31-22-12-17-11-18(26)7-5-16(17)13-30-22/h2-5,7,11-13,19H,6,8-10,14H2,1H3,(H2,29,33)(H,30,31,35)/t19-/m0/s1. The monoisotopic (exact) mass is 502 g/mol. The smallest absolute Gasteiger partial charge is 0.412 e. The van der Waals surface area contributed by atoms with Crippen molar-refractivity contribution in [1.29, 1.82) is 0 Å². The zero-order valence-corrected chi connectivity index (χ0v) is 19.5. The molecule has 0 saturated carbocycles. The number of likely N-dealkylation sites (N-methyl/N-ethyl adjacent to an activating group) is 1. The summed E-state index contributed by atoms with van der Waals surface area (Å²) >= 11 is 0. The number of benzene rings is 2. The molecule has 1 atom stereocenters. The number of fused-ring (bicyclic) bond motifs is 1. The van der Waals surface area contributed by atoms with E-state index in [2.05, 4.69) is 10.3 Å². The van der Waals surface area contributed by atoms with E-state index in [0.717, 1.165) is 6.07 Å². The summed E-state index contributed by atoms with van der Waals surface area (Å²) in [4.78, 5) is 41.6. The van der Waals surface area contributed by atoms with Crippen LogP contribution in [-0.4, -0.2) is 47.5 Å². The van der Waals surface area contributed by atoms with E-state index >= 15 is 0 Å². The third-order valence-corrected chi connectivity index (χ3v) is 5.63. The first-order valence-electron chi connectivity index (χ1n) is 11.1. The normalized spacial score (nSPS) is 11.7. The van der Waals surface area contributed by atoms with Gasteiger partial charge in [-0.25, -0.2) is 22.9 Å². The number of rotatable bonds is 10. The highest BCUT2D eigenvalue weighted by Gasteiger charge is 2.23. The number of carbonyl (C=O) groups is 3. The van der Waals surface area contributed by atoms with Crippen molar-refractivity contribution >= 4 is 34.5 Å². The van der Waals surface area contributed by atoms with Gasteiger partial charge < -0.3 is 15.4 Å². The molecule has 0 aliphatic rings. The molecule has 3 amide bonds. The van der Waals surface area contributed by atoms with Crippen molar-refractivity contribution in [3.05, 3.63) is 71.7 Å². The maximum Gasteiger partial charge on any atom is 0.412 e. The van der Waals surface area contributed by atoms with Gasteiger partial charge in [0, 0.05) is 31.5 Å². The fraction of sp³-hybridized carbons (Fsp3) is 0.280. The first-order valence-corrected chi connectivity index (χ1v) is 11.1. The van der Waals surface area contributed by atoms with Crippen molar-refractivity contribution in [2.45, 2.75) is 31.7 Å². The van der Waals surface area contributed by atoms with Crippen LogP contribution >= 0.6 is 0 Å². The van der Waals surface area contributed by atoms with E-state index in [0.29, 0.717) is 10.8 Å². The molecule has 8 nitrogen and oxygen atoms in total. The Morgan fingerprint density at radius 2 is 1.86 bits per heavy atom. The highest BCUT2D eigenvalue weighted by Crippen LogP contribution is 2.19. The van der Waals surface area contributed by atoms with E-state index in [1.165, 1.54) is 48.5 Å². The predicted octanol–water partition coefficient (Wildman–Crippen LogP) is 3.93. The van der Waals surface area contributed by atoms with Gasteiger partial charge in [-0.15, -0.1) is 0 Å². The molecule has 3 rings (SSSR count). The number of nitrogens with two attached hydrogens (primary N) is 1. The summed E-state index contributed by atoms with van der Waals surface area (Å²) in [7, 11) is 1.45. The summed E-state index contributed by atoms with van der Waals surface area (Å²) in [6, 6.07) is 8.65. The lowest BCUT2D eigenvalue weighted by Gasteiger charge is -2.28. The van der Waals surface area contributed by atoms with Gasteiger partial charge in [-0.3, -0.25) is 14.9 Å². The Bertz CT molecular complexity index is 1270. The number of hydrogen-bond acceptors (Lipinski definition) is 5. The Hall–Kier alpha value is -4.15. The summed E-state index contributed by atoms with van der Waals surface area (Å²) in [5.74, 6) is -3.34. The van der Waals surface area contributed by atoms with Gasteiger partial charge in [0.05, 0.1) is 6.04 Å². The molecule has 0 aliphatic carbocycles. The summed E-state index contributed by atoms with van der Waals surface area (Å²) < 4.78 is 46.0. The number of aryl methyl sites for hydroxylation is 1. The predicted molar refractivity (Wildman–Crippen MR) is 126 cm³/mol. The van der Waals surface area contributed by atoms with Crippen LogP contribution in [0.2, 0.25) is 0 Å². The third-order valence-electron chi connectivity index (χ3n) is 5.63. The molecule has 36 heavy (non-hydrogen) atoms. The van der Waals surface area contributed by atoms with Crippen LogP contribution in [0.1, 0.15) is 24.8 Å².